The van der Waals surface area contributed by atoms with Crippen molar-refractivity contribution in [2.75, 3.05) is 37.7 Å². The lowest BCUT2D eigenvalue weighted by atomic mass is 10.1. The molecule has 0 spiro atoms. The molecule has 2 fully saturated rings. The van der Waals surface area contributed by atoms with Crippen LogP contribution in [0.1, 0.15) is 12.0 Å². The van der Waals surface area contributed by atoms with Crippen molar-refractivity contribution in [3.63, 3.8) is 0 Å². The summed E-state index contributed by atoms with van der Waals surface area (Å²) in [4.78, 5) is 15.7. The molecule has 6 heteroatoms. The van der Waals surface area contributed by atoms with E-state index < -0.39 is 9.84 Å². The zero-order chi connectivity index (χ0) is 15.6. The Morgan fingerprint density at radius 1 is 1.18 bits per heavy atom. The third-order valence-electron chi connectivity index (χ3n) is 4.66. The summed E-state index contributed by atoms with van der Waals surface area (Å²) >= 11 is 0. The molecule has 2 aliphatic heterocycles. The monoisotopic (exact) mass is 323 g/mol. The number of piperazine rings is 1. The van der Waals surface area contributed by atoms with Crippen LogP contribution in [-0.2, 0) is 21.2 Å². The summed E-state index contributed by atoms with van der Waals surface area (Å²) in [5, 5.41) is 0. The molecule has 0 radical (unpaired) electrons. The Labute approximate surface area is 131 Å². The van der Waals surface area contributed by atoms with Crippen LogP contribution in [0.5, 0.6) is 0 Å². The SMILES string of the molecule is O=C([C@H]1CCS(=O)(=O)C1)N1CC[NH+](Cc2ccccc2)CC1. The Morgan fingerprint density at radius 3 is 2.45 bits per heavy atom. The van der Waals surface area contributed by atoms with E-state index in [2.05, 4.69) is 24.3 Å². The predicted octanol–water partition coefficient (Wildman–Crippen LogP) is -0.652. The highest BCUT2D eigenvalue weighted by Crippen LogP contribution is 2.20. The van der Waals surface area contributed by atoms with Gasteiger partial charge in [-0.25, -0.2) is 8.42 Å². The number of carbonyl (C=O) groups excluding carboxylic acids is 1. The Morgan fingerprint density at radius 2 is 1.86 bits per heavy atom. The molecule has 0 aliphatic carbocycles. The van der Waals surface area contributed by atoms with E-state index in [9.17, 15) is 13.2 Å². The number of benzene rings is 1. The van der Waals surface area contributed by atoms with E-state index in [4.69, 9.17) is 0 Å². The number of amides is 1. The largest absolute Gasteiger partial charge is 0.331 e. The lowest BCUT2D eigenvalue weighted by Gasteiger charge is -2.33. The van der Waals surface area contributed by atoms with Gasteiger partial charge in [-0.15, -0.1) is 0 Å². The van der Waals surface area contributed by atoms with Gasteiger partial charge in [0.1, 0.15) is 6.54 Å². The quantitative estimate of drug-likeness (QED) is 0.804. The summed E-state index contributed by atoms with van der Waals surface area (Å²) in [6.07, 6.45) is 0.498. The van der Waals surface area contributed by atoms with Crippen molar-refractivity contribution in [1.82, 2.24) is 4.90 Å². The van der Waals surface area contributed by atoms with E-state index in [0.29, 0.717) is 6.42 Å². The van der Waals surface area contributed by atoms with Crippen LogP contribution in [-0.4, -0.2) is 56.9 Å². The van der Waals surface area contributed by atoms with E-state index in [1.165, 1.54) is 10.5 Å². The fourth-order valence-corrected chi connectivity index (χ4v) is 5.09. The Bertz CT molecular complexity index is 622. The van der Waals surface area contributed by atoms with Gasteiger partial charge in [-0.2, -0.15) is 0 Å². The number of hydrogen-bond acceptors (Lipinski definition) is 3. The second-order valence-corrected chi connectivity index (χ2v) is 8.57. The van der Waals surface area contributed by atoms with Crippen molar-refractivity contribution < 1.29 is 18.1 Å². The lowest BCUT2D eigenvalue weighted by Crippen LogP contribution is -3.13. The number of rotatable bonds is 3. The van der Waals surface area contributed by atoms with Crippen LogP contribution in [0.2, 0.25) is 0 Å². The minimum Gasteiger partial charge on any atom is -0.331 e. The fraction of sp³-hybridized carbons (Fsp3) is 0.562. The van der Waals surface area contributed by atoms with E-state index >= 15 is 0 Å². The summed E-state index contributed by atoms with van der Waals surface area (Å²) in [5.41, 5.74) is 1.32. The summed E-state index contributed by atoms with van der Waals surface area (Å²) in [5.74, 6) is -0.0496. The van der Waals surface area contributed by atoms with Crippen LogP contribution in [0, 0.1) is 5.92 Å². The molecule has 2 aliphatic rings. The minimum absolute atomic E-state index is 0.0415. The second kappa shape index (κ2) is 6.38. The molecule has 2 heterocycles. The smallest absolute Gasteiger partial charge is 0.227 e. The highest BCUT2D eigenvalue weighted by Gasteiger charge is 2.36. The van der Waals surface area contributed by atoms with Gasteiger partial charge in [0.2, 0.25) is 5.91 Å². The molecule has 5 nitrogen and oxygen atoms in total. The summed E-state index contributed by atoms with van der Waals surface area (Å²) in [6.45, 7) is 4.32. The number of carbonyl (C=O) groups is 1. The predicted molar refractivity (Wildman–Crippen MR) is 84.2 cm³/mol. The van der Waals surface area contributed by atoms with Crippen LogP contribution in [0.15, 0.2) is 30.3 Å². The van der Waals surface area contributed by atoms with E-state index in [1.54, 1.807) is 0 Å². The average molecular weight is 323 g/mol. The number of nitrogens with one attached hydrogen (secondary N) is 1. The Hall–Kier alpha value is -1.40. The maximum Gasteiger partial charge on any atom is 0.227 e. The molecule has 2 saturated heterocycles. The van der Waals surface area contributed by atoms with Crippen molar-refractivity contribution in [2.45, 2.75) is 13.0 Å². The third kappa shape index (κ3) is 3.67. The molecule has 1 amide bonds. The first-order chi connectivity index (χ1) is 10.5. The van der Waals surface area contributed by atoms with E-state index in [1.807, 2.05) is 11.0 Å². The molecule has 3 rings (SSSR count). The molecule has 0 aromatic heterocycles. The molecule has 1 atom stereocenters. The molecular formula is C16H23N2O3S+. The van der Waals surface area contributed by atoms with Gasteiger partial charge < -0.3 is 9.80 Å². The highest BCUT2D eigenvalue weighted by molar-refractivity contribution is 7.91. The van der Waals surface area contributed by atoms with Crippen LogP contribution in [0.4, 0.5) is 0 Å². The van der Waals surface area contributed by atoms with Crippen molar-refractivity contribution >= 4 is 15.7 Å². The molecule has 0 unspecified atom stereocenters. The average Bonchev–Trinajstić information content (AvgIpc) is 2.88. The van der Waals surface area contributed by atoms with Crippen molar-refractivity contribution in [3.8, 4) is 0 Å². The minimum atomic E-state index is -2.98. The zero-order valence-corrected chi connectivity index (χ0v) is 13.5. The van der Waals surface area contributed by atoms with Gasteiger partial charge in [0.15, 0.2) is 9.84 Å². The van der Waals surface area contributed by atoms with Gasteiger partial charge in [0.25, 0.3) is 0 Å². The number of nitrogens with zero attached hydrogens (tertiary/aromatic N) is 1. The summed E-state index contributed by atoms with van der Waals surface area (Å²) < 4.78 is 23.0. The Balaban J connectivity index is 1.50. The number of quaternary nitrogens is 1. The molecule has 0 bridgehead atoms. The van der Waals surface area contributed by atoms with Crippen molar-refractivity contribution in [2.24, 2.45) is 5.92 Å². The molecule has 22 heavy (non-hydrogen) atoms. The number of sulfone groups is 1. The standard InChI is InChI=1S/C16H22N2O3S/c19-16(15-6-11-22(20,21)13-15)18-9-7-17(8-10-18)12-14-4-2-1-3-5-14/h1-5,15H,6-13H2/p+1/t15-/m0/s1. The maximum atomic E-state index is 12.4. The van der Waals surface area contributed by atoms with Crippen molar-refractivity contribution in [3.05, 3.63) is 35.9 Å². The van der Waals surface area contributed by atoms with Gasteiger partial charge in [-0.3, -0.25) is 4.79 Å². The van der Waals surface area contributed by atoms with Gasteiger partial charge in [-0.1, -0.05) is 30.3 Å². The van der Waals surface area contributed by atoms with Gasteiger partial charge in [0.05, 0.1) is 43.6 Å². The van der Waals surface area contributed by atoms with E-state index in [0.717, 1.165) is 32.7 Å². The number of hydrogen-bond donors (Lipinski definition) is 1. The normalized spacial score (nSPS) is 25.3. The van der Waals surface area contributed by atoms with Crippen LogP contribution in [0.25, 0.3) is 0 Å². The van der Waals surface area contributed by atoms with Gasteiger partial charge >= 0.3 is 0 Å². The lowest BCUT2D eigenvalue weighted by molar-refractivity contribution is -0.917. The summed E-state index contributed by atoms with van der Waals surface area (Å²) in [6, 6.07) is 10.4. The van der Waals surface area contributed by atoms with Gasteiger partial charge in [-0.05, 0) is 6.42 Å². The van der Waals surface area contributed by atoms with Crippen LogP contribution in [0.3, 0.4) is 0 Å². The van der Waals surface area contributed by atoms with Crippen LogP contribution >= 0.6 is 0 Å². The fourth-order valence-electron chi connectivity index (χ4n) is 3.35. The third-order valence-corrected chi connectivity index (χ3v) is 6.43. The molecule has 0 saturated carbocycles. The summed E-state index contributed by atoms with van der Waals surface area (Å²) in [7, 11) is -2.98. The second-order valence-electron chi connectivity index (χ2n) is 6.34. The molecule has 1 aromatic rings. The molecular weight excluding hydrogens is 300 g/mol. The molecule has 1 aromatic carbocycles. The molecule has 1 N–H and O–H groups in total. The molecule has 120 valence electrons. The Kier molecular flexibility index (Phi) is 4.49. The van der Waals surface area contributed by atoms with Gasteiger partial charge in [0, 0.05) is 5.56 Å². The highest BCUT2D eigenvalue weighted by atomic mass is 32.2. The zero-order valence-electron chi connectivity index (χ0n) is 12.7. The first kappa shape index (κ1) is 15.5. The van der Waals surface area contributed by atoms with Crippen LogP contribution < -0.4 is 4.90 Å². The van der Waals surface area contributed by atoms with E-state index in [-0.39, 0.29) is 23.3 Å². The topological polar surface area (TPSA) is 58.9 Å². The maximum absolute atomic E-state index is 12.4. The van der Waals surface area contributed by atoms with Crippen molar-refractivity contribution in [1.29, 1.82) is 0 Å². The first-order valence-electron chi connectivity index (χ1n) is 7.90. The first-order valence-corrected chi connectivity index (χ1v) is 9.72.